The summed E-state index contributed by atoms with van der Waals surface area (Å²) in [6.45, 7) is 1.82. The zero-order chi connectivity index (χ0) is 14.8. The van der Waals surface area contributed by atoms with E-state index in [1.54, 1.807) is 0 Å². The van der Waals surface area contributed by atoms with Gasteiger partial charge in [-0.25, -0.2) is 4.98 Å². The van der Waals surface area contributed by atoms with Gasteiger partial charge < -0.3 is 11.1 Å². The van der Waals surface area contributed by atoms with E-state index in [0.29, 0.717) is 12.2 Å². The summed E-state index contributed by atoms with van der Waals surface area (Å²) in [6, 6.07) is 13.3. The van der Waals surface area contributed by atoms with Crippen molar-refractivity contribution in [3.05, 3.63) is 48.7 Å². The number of hydrogen-bond donors (Lipinski definition) is 2. The third-order valence-corrected chi connectivity index (χ3v) is 3.33. The molecule has 5 heteroatoms. The van der Waals surface area contributed by atoms with E-state index in [0.717, 1.165) is 22.6 Å². The third-order valence-electron chi connectivity index (χ3n) is 3.33. The Labute approximate surface area is 122 Å². The Bertz CT molecular complexity index is 790. The number of nitrogens with one attached hydrogen (secondary N) is 1. The lowest BCUT2D eigenvalue weighted by Crippen LogP contribution is -2.09. The monoisotopic (exact) mass is 280 g/mol. The number of rotatable bonds is 3. The number of carbonyl (C=O) groups excluding carboxylic acids is 1. The number of imidazole rings is 1. The summed E-state index contributed by atoms with van der Waals surface area (Å²) in [4.78, 5) is 15.9. The number of nitrogens with zero attached hydrogens (tertiary/aromatic N) is 2. The molecule has 3 rings (SSSR count). The largest absolute Gasteiger partial charge is 0.383 e. The van der Waals surface area contributed by atoms with Crippen LogP contribution < -0.4 is 11.1 Å². The zero-order valence-electron chi connectivity index (χ0n) is 11.7. The highest BCUT2D eigenvalue weighted by Gasteiger charge is 2.10. The normalized spacial score (nSPS) is 10.7. The van der Waals surface area contributed by atoms with Gasteiger partial charge in [0.15, 0.2) is 0 Å². The average molecular weight is 280 g/mol. The van der Waals surface area contributed by atoms with Gasteiger partial charge in [0, 0.05) is 23.9 Å². The van der Waals surface area contributed by atoms with Crippen molar-refractivity contribution in [3.63, 3.8) is 0 Å². The van der Waals surface area contributed by atoms with Crippen LogP contribution in [0.3, 0.4) is 0 Å². The Hall–Kier alpha value is -2.82. The Balaban J connectivity index is 1.95. The lowest BCUT2D eigenvalue weighted by Gasteiger charge is -2.04. The number of fused-ring (bicyclic) bond motifs is 1. The van der Waals surface area contributed by atoms with E-state index in [1.165, 1.54) is 0 Å². The molecule has 106 valence electrons. The molecule has 0 saturated heterocycles. The molecule has 1 aromatic carbocycles. The second-order valence-corrected chi connectivity index (χ2v) is 4.75. The second-order valence-electron chi connectivity index (χ2n) is 4.75. The van der Waals surface area contributed by atoms with E-state index in [4.69, 9.17) is 5.73 Å². The van der Waals surface area contributed by atoms with Gasteiger partial charge in [-0.3, -0.25) is 9.20 Å². The SMILES string of the molecule is CCC(=O)Nc1ccc(-c2nc3ccccn3c2N)cc1. The first-order chi connectivity index (χ1) is 10.2. The standard InChI is InChI=1S/C16H16N4O/c1-2-14(21)18-12-8-6-11(7-9-12)15-16(17)20-10-4-3-5-13(20)19-15/h3-10H,2,17H2,1H3,(H,18,21). The van der Waals surface area contributed by atoms with Gasteiger partial charge in [0.25, 0.3) is 0 Å². The van der Waals surface area contributed by atoms with Crippen LogP contribution in [0.5, 0.6) is 0 Å². The van der Waals surface area contributed by atoms with Gasteiger partial charge in [0.1, 0.15) is 17.2 Å². The van der Waals surface area contributed by atoms with E-state index in [-0.39, 0.29) is 5.91 Å². The number of carbonyl (C=O) groups is 1. The summed E-state index contributed by atoms with van der Waals surface area (Å²) < 4.78 is 1.85. The quantitative estimate of drug-likeness (QED) is 0.774. The number of nitrogens with two attached hydrogens (primary N) is 1. The summed E-state index contributed by atoms with van der Waals surface area (Å²) in [5.74, 6) is 0.603. The van der Waals surface area contributed by atoms with Crippen LogP contribution in [0.4, 0.5) is 11.5 Å². The molecule has 5 nitrogen and oxygen atoms in total. The average Bonchev–Trinajstić information content (AvgIpc) is 2.85. The summed E-state index contributed by atoms with van der Waals surface area (Å²) in [6.07, 6.45) is 2.35. The minimum atomic E-state index is -0.00464. The number of aromatic nitrogens is 2. The maximum atomic E-state index is 11.4. The van der Waals surface area contributed by atoms with Gasteiger partial charge in [-0.2, -0.15) is 0 Å². The van der Waals surface area contributed by atoms with E-state index in [2.05, 4.69) is 10.3 Å². The molecule has 0 atom stereocenters. The highest BCUT2D eigenvalue weighted by atomic mass is 16.1. The van der Waals surface area contributed by atoms with Crippen molar-refractivity contribution in [2.24, 2.45) is 0 Å². The fraction of sp³-hybridized carbons (Fsp3) is 0.125. The lowest BCUT2D eigenvalue weighted by atomic mass is 10.1. The van der Waals surface area contributed by atoms with Crippen LogP contribution in [-0.2, 0) is 4.79 Å². The molecule has 0 saturated carbocycles. The summed E-state index contributed by atoms with van der Waals surface area (Å²) in [7, 11) is 0. The van der Waals surface area contributed by atoms with Gasteiger partial charge in [-0.05, 0) is 24.3 Å². The minimum absolute atomic E-state index is 0.00464. The molecule has 0 aliphatic heterocycles. The molecule has 1 amide bonds. The molecule has 3 N–H and O–H groups in total. The molecule has 0 bridgehead atoms. The van der Waals surface area contributed by atoms with Gasteiger partial charge >= 0.3 is 0 Å². The number of benzene rings is 1. The smallest absolute Gasteiger partial charge is 0.224 e. The molecule has 2 heterocycles. The molecule has 3 aromatic rings. The van der Waals surface area contributed by atoms with Gasteiger partial charge in [0.05, 0.1) is 0 Å². The molecular weight excluding hydrogens is 264 g/mol. The van der Waals surface area contributed by atoms with Crippen molar-refractivity contribution in [1.82, 2.24) is 9.38 Å². The fourth-order valence-corrected chi connectivity index (χ4v) is 2.19. The highest BCUT2D eigenvalue weighted by Crippen LogP contribution is 2.27. The van der Waals surface area contributed by atoms with E-state index in [1.807, 2.05) is 60.0 Å². The topological polar surface area (TPSA) is 72.4 Å². The first-order valence-corrected chi connectivity index (χ1v) is 6.82. The number of pyridine rings is 1. The molecule has 0 radical (unpaired) electrons. The Morgan fingerprint density at radius 1 is 1.24 bits per heavy atom. The van der Waals surface area contributed by atoms with Crippen LogP contribution in [-0.4, -0.2) is 15.3 Å². The molecule has 0 spiro atoms. The van der Waals surface area contributed by atoms with E-state index in [9.17, 15) is 4.79 Å². The first kappa shape index (κ1) is 13.2. The Morgan fingerprint density at radius 3 is 2.67 bits per heavy atom. The van der Waals surface area contributed by atoms with Crippen molar-refractivity contribution in [1.29, 1.82) is 0 Å². The van der Waals surface area contributed by atoms with Crippen molar-refractivity contribution in [2.75, 3.05) is 11.1 Å². The number of anilines is 2. The Morgan fingerprint density at radius 2 is 2.00 bits per heavy atom. The number of hydrogen-bond acceptors (Lipinski definition) is 3. The summed E-state index contributed by atoms with van der Waals surface area (Å²) in [5.41, 5.74) is 9.39. The number of nitrogen functional groups attached to an aromatic ring is 1. The lowest BCUT2D eigenvalue weighted by molar-refractivity contribution is -0.115. The van der Waals surface area contributed by atoms with Gasteiger partial charge in [-0.1, -0.05) is 25.1 Å². The van der Waals surface area contributed by atoms with E-state index < -0.39 is 0 Å². The van der Waals surface area contributed by atoms with E-state index >= 15 is 0 Å². The zero-order valence-corrected chi connectivity index (χ0v) is 11.7. The van der Waals surface area contributed by atoms with Crippen LogP contribution in [0.1, 0.15) is 13.3 Å². The predicted molar refractivity (Wildman–Crippen MR) is 84.0 cm³/mol. The van der Waals surface area contributed by atoms with Crippen molar-refractivity contribution >= 4 is 23.1 Å². The predicted octanol–water partition coefficient (Wildman–Crippen LogP) is 2.93. The van der Waals surface area contributed by atoms with Crippen molar-refractivity contribution in [2.45, 2.75) is 13.3 Å². The van der Waals surface area contributed by atoms with Crippen LogP contribution in [0.2, 0.25) is 0 Å². The fourth-order valence-electron chi connectivity index (χ4n) is 2.19. The third kappa shape index (κ3) is 2.45. The maximum absolute atomic E-state index is 11.4. The molecular formula is C16H16N4O. The van der Waals surface area contributed by atoms with Crippen molar-refractivity contribution < 1.29 is 4.79 Å². The molecule has 0 aliphatic carbocycles. The molecule has 0 fully saturated rings. The van der Waals surface area contributed by atoms with Gasteiger partial charge in [0.2, 0.25) is 5.91 Å². The van der Waals surface area contributed by atoms with Gasteiger partial charge in [-0.15, -0.1) is 0 Å². The summed E-state index contributed by atoms with van der Waals surface area (Å²) >= 11 is 0. The van der Waals surface area contributed by atoms with Crippen molar-refractivity contribution in [3.8, 4) is 11.3 Å². The maximum Gasteiger partial charge on any atom is 0.224 e. The summed E-state index contributed by atoms with van der Waals surface area (Å²) in [5, 5.41) is 2.82. The molecule has 21 heavy (non-hydrogen) atoms. The first-order valence-electron chi connectivity index (χ1n) is 6.82. The molecule has 2 aromatic heterocycles. The Kier molecular flexibility index (Phi) is 3.31. The van der Waals surface area contributed by atoms with Crippen LogP contribution in [0, 0.1) is 0 Å². The van der Waals surface area contributed by atoms with Crippen LogP contribution in [0.15, 0.2) is 48.7 Å². The number of amides is 1. The minimum Gasteiger partial charge on any atom is -0.383 e. The molecule has 0 unspecified atom stereocenters. The van der Waals surface area contributed by atoms with Crippen LogP contribution >= 0.6 is 0 Å². The van der Waals surface area contributed by atoms with Crippen LogP contribution in [0.25, 0.3) is 16.9 Å². The molecule has 0 aliphatic rings. The highest BCUT2D eigenvalue weighted by molar-refractivity contribution is 5.90. The second kappa shape index (κ2) is 5.28.